The number of rotatable bonds is 8. The normalized spacial score (nSPS) is 15.9. The van der Waals surface area contributed by atoms with Crippen molar-refractivity contribution in [1.82, 2.24) is 30.3 Å². The number of nitrogens with one attached hydrogen (secondary N) is 2. The zero-order valence-corrected chi connectivity index (χ0v) is 20.5. The molecule has 3 rings (SSSR count). The van der Waals surface area contributed by atoms with Crippen molar-refractivity contribution in [2.24, 2.45) is 4.99 Å². The topological polar surface area (TPSA) is 79.6 Å². The van der Waals surface area contributed by atoms with E-state index < -0.39 is 0 Å². The summed E-state index contributed by atoms with van der Waals surface area (Å²) in [5.74, 6) is 2.56. The van der Waals surface area contributed by atoms with E-state index in [0.717, 1.165) is 43.7 Å². The van der Waals surface area contributed by atoms with Gasteiger partial charge in [-0.05, 0) is 50.6 Å². The van der Waals surface area contributed by atoms with Crippen LogP contribution in [0.5, 0.6) is 5.75 Å². The number of aliphatic imine (C=N–C) groups is 1. The molecule has 0 amide bonds. The highest BCUT2D eigenvalue weighted by atomic mass is 127. The van der Waals surface area contributed by atoms with Gasteiger partial charge in [-0.1, -0.05) is 18.6 Å². The second-order valence-electron chi connectivity index (χ2n) is 7.23. The van der Waals surface area contributed by atoms with E-state index in [1.807, 2.05) is 16.7 Å². The van der Waals surface area contributed by atoms with Gasteiger partial charge in [0.1, 0.15) is 12.1 Å². The van der Waals surface area contributed by atoms with Gasteiger partial charge < -0.3 is 19.9 Å². The minimum atomic E-state index is 0. The van der Waals surface area contributed by atoms with Crippen molar-refractivity contribution in [2.45, 2.75) is 45.3 Å². The maximum atomic E-state index is 5.32. The van der Waals surface area contributed by atoms with Crippen LogP contribution in [0.2, 0.25) is 0 Å². The molecule has 2 aromatic rings. The molecule has 0 bridgehead atoms. The van der Waals surface area contributed by atoms with E-state index in [9.17, 15) is 0 Å². The number of hydrogen-bond acceptors (Lipinski definition) is 5. The molecule has 1 atom stereocenters. The Morgan fingerprint density at radius 2 is 1.90 bits per heavy atom. The van der Waals surface area contributed by atoms with E-state index in [1.165, 1.54) is 24.8 Å². The molecule has 0 aliphatic carbocycles. The van der Waals surface area contributed by atoms with Crippen molar-refractivity contribution in [3.8, 4) is 5.75 Å². The highest BCUT2D eigenvalue weighted by molar-refractivity contribution is 14.0. The average molecular weight is 527 g/mol. The van der Waals surface area contributed by atoms with Crippen LogP contribution in [0.4, 0.5) is 0 Å². The molecular weight excluding hydrogens is 493 g/mol. The molecule has 1 aromatic carbocycles. The van der Waals surface area contributed by atoms with Crippen molar-refractivity contribution in [1.29, 1.82) is 0 Å². The molecule has 1 fully saturated rings. The van der Waals surface area contributed by atoms with Gasteiger partial charge in [0.25, 0.3) is 0 Å². The molecular formula is C21H34IN7O. The fourth-order valence-electron chi connectivity index (χ4n) is 3.77. The third-order valence-corrected chi connectivity index (χ3v) is 5.47. The Bertz CT molecular complexity index is 772. The Balaban J connectivity index is 0.00000320. The van der Waals surface area contributed by atoms with Crippen molar-refractivity contribution in [2.75, 3.05) is 33.8 Å². The summed E-state index contributed by atoms with van der Waals surface area (Å²) >= 11 is 0. The van der Waals surface area contributed by atoms with Gasteiger partial charge in [0.05, 0.1) is 19.7 Å². The summed E-state index contributed by atoms with van der Waals surface area (Å²) in [6.07, 6.45) is 5.59. The number of aromatic nitrogens is 3. The van der Waals surface area contributed by atoms with Crippen LogP contribution in [0.25, 0.3) is 0 Å². The van der Waals surface area contributed by atoms with Crippen molar-refractivity contribution < 1.29 is 4.74 Å². The summed E-state index contributed by atoms with van der Waals surface area (Å²) in [6.45, 7) is 6.56. The molecule has 2 N–H and O–H groups in total. The molecule has 8 nitrogen and oxygen atoms in total. The predicted octanol–water partition coefficient (Wildman–Crippen LogP) is 2.82. The smallest absolute Gasteiger partial charge is 0.191 e. The molecule has 1 aliphatic rings. The average Bonchev–Trinajstić information content (AvgIpc) is 3.24. The van der Waals surface area contributed by atoms with Crippen molar-refractivity contribution >= 4 is 29.9 Å². The molecule has 1 aliphatic heterocycles. The van der Waals surface area contributed by atoms with Gasteiger partial charge in [-0.25, -0.2) is 0 Å². The van der Waals surface area contributed by atoms with Crippen LogP contribution >= 0.6 is 24.0 Å². The fraction of sp³-hybridized carbons (Fsp3) is 0.571. The van der Waals surface area contributed by atoms with Crippen LogP contribution < -0.4 is 15.4 Å². The fourth-order valence-corrected chi connectivity index (χ4v) is 3.77. The number of ether oxygens (including phenoxy) is 1. The summed E-state index contributed by atoms with van der Waals surface area (Å²) in [6, 6.07) is 8.70. The van der Waals surface area contributed by atoms with Gasteiger partial charge >= 0.3 is 0 Å². The van der Waals surface area contributed by atoms with Gasteiger partial charge in [-0.2, -0.15) is 0 Å². The monoisotopic (exact) mass is 527 g/mol. The largest absolute Gasteiger partial charge is 0.497 e. The summed E-state index contributed by atoms with van der Waals surface area (Å²) in [5, 5.41) is 15.0. The van der Waals surface area contributed by atoms with Crippen LogP contribution in [0.3, 0.4) is 0 Å². The maximum Gasteiger partial charge on any atom is 0.191 e. The number of halogens is 1. The summed E-state index contributed by atoms with van der Waals surface area (Å²) in [4.78, 5) is 6.95. The number of benzene rings is 1. The number of hydrogen-bond donors (Lipinski definition) is 2. The molecule has 30 heavy (non-hydrogen) atoms. The molecule has 0 spiro atoms. The Morgan fingerprint density at radius 1 is 1.17 bits per heavy atom. The number of piperidine rings is 1. The quantitative estimate of drug-likeness (QED) is 0.313. The third kappa shape index (κ3) is 6.56. The van der Waals surface area contributed by atoms with E-state index >= 15 is 0 Å². The predicted molar refractivity (Wildman–Crippen MR) is 130 cm³/mol. The lowest BCUT2D eigenvalue weighted by Crippen LogP contribution is -2.44. The third-order valence-electron chi connectivity index (χ3n) is 5.47. The lowest BCUT2D eigenvalue weighted by Gasteiger charge is -2.35. The molecule has 1 saturated heterocycles. The zero-order valence-electron chi connectivity index (χ0n) is 18.2. The van der Waals surface area contributed by atoms with E-state index in [0.29, 0.717) is 12.6 Å². The van der Waals surface area contributed by atoms with Gasteiger partial charge in [-0.15, -0.1) is 34.2 Å². The zero-order chi connectivity index (χ0) is 20.5. The molecule has 1 aromatic heterocycles. The standard InChI is InChI=1S/C21H33N7O.HI/c1-4-27-16-25-26-20(27)15-24-21(22-2)23-14-19(28-12-6-5-7-13-28)17-8-10-18(29-3)11-9-17;/h8-11,16,19H,4-7,12-15H2,1-3H3,(H2,22,23,24);1H. The molecule has 166 valence electrons. The van der Waals surface area contributed by atoms with Gasteiger partial charge in [-0.3, -0.25) is 9.89 Å². The summed E-state index contributed by atoms with van der Waals surface area (Å²) in [5.41, 5.74) is 1.29. The molecule has 1 unspecified atom stereocenters. The first-order chi connectivity index (χ1) is 14.2. The Labute approximate surface area is 196 Å². The van der Waals surface area contributed by atoms with Crippen LogP contribution in [0.1, 0.15) is 43.6 Å². The van der Waals surface area contributed by atoms with Crippen LogP contribution in [-0.4, -0.2) is 59.4 Å². The van der Waals surface area contributed by atoms with Crippen LogP contribution in [-0.2, 0) is 13.1 Å². The first-order valence-electron chi connectivity index (χ1n) is 10.4. The van der Waals surface area contributed by atoms with Gasteiger partial charge in [0, 0.05) is 20.1 Å². The SMILES string of the molecule is CCn1cnnc1CNC(=NC)NCC(c1ccc(OC)cc1)N1CCCCC1.I. The van der Waals surface area contributed by atoms with Crippen molar-refractivity contribution in [3.63, 3.8) is 0 Å². The number of methoxy groups -OCH3 is 1. The number of guanidine groups is 1. The lowest BCUT2D eigenvalue weighted by molar-refractivity contribution is 0.164. The van der Waals surface area contributed by atoms with E-state index in [2.05, 4.69) is 49.8 Å². The van der Waals surface area contributed by atoms with E-state index in [1.54, 1.807) is 20.5 Å². The van der Waals surface area contributed by atoms with Gasteiger partial charge in [0.15, 0.2) is 11.8 Å². The van der Waals surface area contributed by atoms with E-state index in [-0.39, 0.29) is 24.0 Å². The minimum Gasteiger partial charge on any atom is -0.497 e. The Kier molecular flexibility index (Phi) is 10.4. The van der Waals surface area contributed by atoms with E-state index in [4.69, 9.17) is 4.74 Å². The van der Waals surface area contributed by atoms with Gasteiger partial charge in [0.2, 0.25) is 0 Å². The highest BCUT2D eigenvalue weighted by Gasteiger charge is 2.22. The highest BCUT2D eigenvalue weighted by Crippen LogP contribution is 2.25. The Hall–Kier alpha value is -1.88. The first kappa shape index (κ1) is 24.4. The summed E-state index contributed by atoms with van der Waals surface area (Å²) < 4.78 is 7.35. The van der Waals surface area contributed by atoms with Crippen molar-refractivity contribution in [3.05, 3.63) is 42.0 Å². The van der Waals surface area contributed by atoms with Crippen LogP contribution in [0, 0.1) is 0 Å². The summed E-state index contributed by atoms with van der Waals surface area (Å²) in [7, 11) is 3.50. The second-order valence-corrected chi connectivity index (χ2v) is 7.23. The number of nitrogens with zero attached hydrogens (tertiary/aromatic N) is 5. The molecule has 2 heterocycles. The first-order valence-corrected chi connectivity index (χ1v) is 10.4. The Morgan fingerprint density at radius 3 is 2.53 bits per heavy atom. The number of aryl methyl sites for hydroxylation is 1. The minimum absolute atomic E-state index is 0. The number of likely N-dealkylation sites (tertiary alicyclic amines) is 1. The molecule has 0 radical (unpaired) electrons. The maximum absolute atomic E-state index is 5.32. The molecule has 9 heteroatoms. The van der Waals surface area contributed by atoms with Crippen LogP contribution in [0.15, 0.2) is 35.6 Å². The lowest BCUT2D eigenvalue weighted by atomic mass is 10.0. The second kappa shape index (κ2) is 12.7. The molecule has 0 saturated carbocycles.